The lowest BCUT2D eigenvalue weighted by atomic mass is 10.1. The normalized spacial score (nSPS) is 12.1. The van der Waals surface area contributed by atoms with Gasteiger partial charge in [-0.05, 0) is 17.2 Å². The molecule has 6 heteroatoms. The molecule has 1 N–H and O–H groups in total. The van der Waals surface area contributed by atoms with Crippen LogP contribution in [0.25, 0.3) is 0 Å². The summed E-state index contributed by atoms with van der Waals surface area (Å²) in [6.45, 7) is 1.64. The fourth-order valence-electron chi connectivity index (χ4n) is 1.40. The molecule has 0 aromatic carbocycles. The summed E-state index contributed by atoms with van der Waals surface area (Å²) >= 11 is 0. The number of pyridine rings is 1. The first kappa shape index (κ1) is 14.2. The minimum atomic E-state index is -0.380. The molecular formula is C9H12Cl2N2O2. The van der Waals surface area contributed by atoms with E-state index in [1.54, 1.807) is 12.3 Å². The van der Waals surface area contributed by atoms with Gasteiger partial charge >= 0.3 is 5.97 Å². The number of methoxy groups -OCH3 is 1. The Kier molecular flexibility index (Phi) is 5.57. The van der Waals surface area contributed by atoms with Gasteiger partial charge in [0.05, 0.1) is 7.11 Å². The summed E-state index contributed by atoms with van der Waals surface area (Å²) in [6.07, 6.45) is 1.72. The molecule has 1 aliphatic heterocycles. The summed E-state index contributed by atoms with van der Waals surface area (Å²) < 4.78 is 4.57. The lowest BCUT2D eigenvalue weighted by Crippen LogP contribution is -2.05. The molecule has 1 aromatic heterocycles. The van der Waals surface area contributed by atoms with Crippen LogP contribution >= 0.6 is 24.8 Å². The third kappa shape index (κ3) is 2.81. The van der Waals surface area contributed by atoms with E-state index in [1.165, 1.54) is 7.11 Å². The maximum atomic E-state index is 11.1. The molecule has 84 valence electrons. The van der Waals surface area contributed by atoms with Gasteiger partial charge in [0.1, 0.15) is 5.69 Å². The van der Waals surface area contributed by atoms with Crippen molar-refractivity contribution < 1.29 is 9.53 Å². The van der Waals surface area contributed by atoms with Gasteiger partial charge in [-0.3, -0.25) is 0 Å². The highest BCUT2D eigenvalue weighted by Gasteiger charge is 2.14. The van der Waals surface area contributed by atoms with Crippen LogP contribution in [-0.4, -0.2) is 18.1 Å². The summed E-state index contributed by atoms with van der Waals surface area (Å²) in [7, 11) is 1.36. The van der Waals surface area contributed by atoms with E-state index in [9.17, 15) is 4.79 Å². The zero-order valence-corrected chi connectivity index (χ0v) is 9.78. The van der Waals surface area contributed by atoms with Crippen LogP contribution in [0.4, 0.5) is 0 Å². The molecule has 0 atom stereocenters. The van der Waals surface area contributed by atoms with E-state index in [0.29, 0.717) is 5.69 Å². The molecule has 1 aliphatic rings. The van der Waals surface area contributed by atoms with Crippen LogP contribution in [-0.2, 0) is 17.8 Å². The summed E-state index contributed by atoms with van der Waals surface area (Å²) in [4.78, 5) is 15.1. The number of ether oxygens (including phenoxy) is 1. The van der Waals surface area contributed by atoms with Crippen LogP contribution in [0.2, 0.25) is 0 Å². The number of esters is 1. The zero-order valence-electron chi connectivity index (χ0n) is 8.15. The lowest BCUT2D eigenvalue weighted by molar-refractivity contribution is 0.0594. The SMILES string of the molecule is COC(=O)c1cc2c(cn1)CNC2.Cl.Cl. The molecule has 0 radical (unpaired) electrons. The van der Waals surface area contributed by atoms with Crippen molar-refractivity contribution in [2.45, 2.75) is 13.1 Å². The molecule has 0 saturated heterocycles. The van der Waals surface area contributed by atoms with E-state index in [0.717, 1.165) is 24.2 Å². The molecule has 0 unspecified atom stereocenters. The standard InChI is InChI=1S/C9H10N2O2.2ClH/c1-13-9(12)8-2-6-3-10-4-7(6)5-11-8;;/h2,5,10H,3-4H2,1H3;2*1H. The number of rotatable bonds is 1. The molecule has 0 aliphatic carbocycles. The van der Waals surface area contributed by atoms with Gasteiger partial charge in [-0.25, -0.2) is 9.78 Å². The van der Waals surface area contributed by atoms with Gasteiger partial charge in [-0.2, -0.15) is 0 Å². The Morgan fingerprint density at radius 3 is 2.73 bits per heavy atom. The van der Waals surface area contributed by atoms with Crippen LogP contribution in [0.15, 0.2) is 12.3 Å². The molecule has 0 spiro atoms. The molecule has 0 bridgehead atoms. The van der Waals surface area contributed by atoms with Gasteiger partial charge in [0, 0.05) is 19.3 Å². The van der Waals surface area contributed by atoms with Gasteiger partial charge in [0.2, 0.25) is 0 Å². The predicted octanol–water partition coefficient (Wildman–Crippen LogP) is 1.31. The van der Waals surface area contributed by atoms with Crippen molar-refractivity contribution in [2.24, 2.45) is 0 Å². The highest BCUT2D eigenvalue weighted by atomic mass is 35.5. The number of fused-ring (bicyclic) bond motifs is 1. The Balaban J connectivity index is 0.000000980. The Morgan fingerprint density at radius 2 is 2.07 bits per heavy atom. The maximum Gasteiger partial charge on any atom is 0.356 e. The molecule has 0 saturated carbocycles. The van der Waals surface area contributed by atoms with Crippen LogP contribution in [0, 0.1) is 0 Å². The Labute approximate surface area is 100 Å². The maximum absolute atomic E-state index is 11.1. The second-order valence-electron chi connectivity index (χ2n) is 2.93. The quantitative estimate of drug-likeness (QED) is 0.764. The fraction of sp³-hybridized carbons (Fsp3) is 0.333. The average molecular weight is 251 g/mol. The van der Waals surface area contributed by atoms with E-state index in [-0.39, 0.29) is 30.8 Å². The fourth-order valence-corrected chi connectivity index (χ4v) is 1.40. The molecule has 4 nitrogen and oxygen atoms in total. The first-order chi connectivity index (χ1) is 6.31. The van der Waals surface area contributed by atoms with Crippen LogP contribution in [0.1, 0.15) is 21.6 Å². The number of carbonyl (C=O) groups excluding carboxylic acids is 1. The van der Waals surface area contributed by atoms with Crippen molar-refractivity contribution in [1.29, 1.82) is 0 Å². The first-order valence-corrected chi connectivity index (χ1v) is 4.08. The molecule has 0 amide bonds. The van der Waals surface area contributed by atoms with E-state index in [1.807, 2.05) is 0 Å². The van der Waals surface area contributed by atoms with Gasteiger partial charge in [0.25, 0.3) is 0 Å². The number of nitrogens with one attached hydrogen (secondary N) is 1. The van der Waals surface area contributed by atoms with E-state index < -0.39 is 0 Å². The van der Waals surface area contributed by atoms with Crippen LogP contribution in [0.5, 0.6) is 0 Å². The number of hydrogen-bond acceptors (Lipinski definition) is 4. The Morgan fingerprint density at radius 1 is 1.40 bits per heavy atom. The van der Waals surface area contributed by atoms with Crippen molar-refractivity contribution >= 4 is 30.8 Å². The predicted molar refractivity (Wildman–Crippen MR) is 60.6 cm³/mol. The van der Waals surface area contributed by atoms with Crippen molar-refractivity contribution in [3.05, 3.63) is 29.1 Å². The minimum Gasteiger partial charge on any atom is -0.464 e. The highest BCUT2D eigenvalue weighted by molar-refractivity contribution is 5.87. The third-order valence-corrected chi connectivity index (χ3v) is 2.11. The minimum absolute atomic E-state index is 0. The average Bonchev–Trinajstić information content (AvgIpc) is 2.63. The number of carbonyl (C=O) groups is 1. The summed E-state index contributed by atoms with van der Waals surface area (Å²) in [6, 6.07) is 1.78. The molecule has 2 heterocycles. The Bertz CT molecular complexity index is 358. The highest BCUT2D eigenvalue weighted by Crippen LogP contribution is 2.14. The zero-order chi connectivity index (χ0) is 9.26. The smallest absolute Gasteiger partial charge is 0.356 e. The van der Waals surface area contributed by atoms with Crippen molar-refractivity contribution in [1.82, 2.24) is 10.3 Å². The number of aromatic nitrogens is 1. The van der Waals surface area contributed by atoms with Crippen molar-refractivity contribution in [2.75, 3.05) is 7.11 Å². The van der Waals surface area contributed by atoms with E-state index in [4.69, 9.17) is 0 Å². The lowest BCUT2D eigenvalue weighted by Gasteiger charge is -2.00. The molecular weight excluding hydrogens is 239 g/mol. The third-order valence-electron chi connectivity index (χ3n) is 2.11. The summed E-state index contributed by atoms with van der Waals surface area (Å²) in [5.74, 6) is -0.380. The van der Waals surface area contributed by atoms with E-state index >= 15 is 0 Å². The van der Waals surface area contributed by atoms with E-state index in [2.05, 4.69) is 15.0 Å². The molecule has 15 heavy (non-hydrogen) atoms. The second-order valence-corrected chi connectivity index (χ2v) is 2.93. The number of halogens is 2. The van der Waals surface area contributed by atoms with Crippen molar-refractivity contribution in [3.8, 4) is 0 Å². The van der Waals surface area contributed by atoms with Gasteiger partial charge in [0.15, 0.2) is 0 Å². The Hall–Kier alpha value is -0.840. The summed E-state index contributed by atoms with van der Waals surface area (Å²) in [5, 5.41) is 3.18. The molecule has 0 fully saturated rings. The van der Waals surface area contributed by atoms with Crippen molar-refractivity contribution in [3.63, 3.8) is 0 Å². The number of hydrogen-bond donors (Lipinski definition) is 1. The monoisotopic (exact) mass is 250 g/mol. The summed E-state index contributed by atoms with van der Waals surface area (Å²) in [5.41, 5.74) is 2.67. The van der Waals surface area contributed by atoms with Crippen LogP contribution in [0.3, 0.4) is 0 Å². The van der Waals surface area contributed by atoms with Gasteiger partial charge in [-0.15, -0.1) is 24.8 Å². The van der Waals surface area contributed by atoms with Gasteiger partial charge in [-0.1, -0.05) is 0 Å². The number of nitrogens with zero attached hydrogens (tertiary/aromatic N) is 1. The topological polar surface area (TPSA) is 51.2 Å². The first-order valence-electron chi connectivity index (χ1n) is 4.08. The largest absolute Gasteiger partial charge is 0.464 e. The second kappa shape index (κ2) is 5.90. The molecule has 1 aromatic rings. The van der Waals surface area contributed by atoms with Gasteiger partial charge < -0.3 is 10.1 Å². The molecule has 2 rings (SSSR count). The van der Waals surface area contributed by atoms with Crippen LogP contribution < -0.4 is 5.32 Å².